The van der Waals surface area contributed by atoms with Crippen LogP contribution < -0.4 is 4.74 Å². The molecule has 0 amide bonds. The van der Waals surface area contributed by atoms with Gasteiger partial charge in [-0.05, 0) is 51.1 Å². The molecule has 0 saturated heterocycles. The molecule has 0 bridgehead atoms. The van der Waals surface area contributed by atoms with Crippen LogP contribution in [0.15, 0.2) is 62.3 Å². The molecule has 29 heavy (non-hydrogen) atoms. The van der Waals surface area contributed by atoms with Gasteiger partial charge in [0.25, 0.3) is 0 Å². The molecular weight excluding hydrogens is 458 g/mol. The van der Waals surface area contributed by atoms with Crippen LogP contribution in [0, 0.1) is 0 Å². The van der Waals surface area contributed by atoms with Gasteiger partial charge >= 0.3 is 0 Å². The predicted molar refractivity (Wildman–Crippen MR) is 113 cm³/mol. The van der Waals surface area contributed by atoms with E-state index in [-0.39, 0.29) is 23.4 Å². The number of nitrogens with zero attached hydrogens (tertiary/aromatic N) is 3. The molecule has 154 valence electrons. The summed E-state index contributed by atoms with van der Waals surface area (Å²) < 4.78 is 40.1. The fraction of sp³-hybridized carbons (Fsp3) is 0.300. The van der Waals surface area contributed by atoms with Gasteiger partial charge in [-0.1, -0.05) is 34.1 Å². The molecule has 0 aliphatic carbocycles. The summed E-state index contributed by atoms with van der Waals surface area (Å²) in [6.07, 6.45) is 0. The van der Waals surface area contributed by atoms with Gasteiger partial charge in [0.2, 0.25) is 21.8 Å². The smallest absolute Gasteiger partial charge is 0.247 e. The van der Waals surface area contributed by atoms with Crippen LogP contribution in [0.1, 0.15) is 26.7 Å². The summed E-state index contributed by atoms with van der Waals surface area (Å²) in [4.78, 5) is 0.0882. The van der Waals surface area contributed by atoms with E-state index in [0.29, 0.717) is 22.7 Å². The highest BCUT2D eigenvalue weighted by Gasteiger charge is 2.32. The third-order valence-corrected chi connectivity index (χ3v) is 6.68. The van der Waals surface area contributed by atoms with E-state index in [2.05, 4.69) is 26.1 Å². The third kappa shape index (κ3) is 4.85. The minimum Gasteiger partial charge on any atom is -0.492 e. The Morgan fingerprint density at radius 3 is 2.52 bits per heavy atom. The molecule has 9 heteroatoms. The zero-order chi connectivity index (χ0) is 21.0. The van der Waals surface area contributed by atoms with Gasteiger partial charge in [-0.2, -0.15) is 4.31 Å². The van der Waals surface area contributed by atoms with Gasteiger partial charge in [-0.15, -0.1) is 10.2 Å². The molecule has 0 saturated carbocycles. The molecule has 2 aromatic carbocycles. The van der Waals surface area contributed by atoms with Crippen LogP contribution in [0.4, 0.5) is 0 Å². The molecular formula is C20H22BrN3O4S. The standard InChI is InChI=1S/C20H22BrN3O4S/c1-4-27-17-11-10-16(21)12-18(17)29(25,26)24(14(2)3)13-19-22-23-20(28-19)15-8-6-5-7-9-15/h5-12,14H,4,13H2,1-3H3. The first kappa shape index (κ1) is 21.5. The van der Waals surface area contributed by atoms with Gasteiger partial charge in [0.05, 0.1) is 13.2 Å². The van der Waals surface area contributed by atoms with Crippen LogP contribution in [-0.4, -0.2) is 35.6 Å². The first-order chi connectivity index (χ1) is 13.8. The summed E-state index contributed by atoms with van der Waals surface area (Å²) in [6, 6.07) is 13.9. The van der Waals surface area contributed by atoms with E-state index in [9.17, 15) is 8.42 Å². The van der Waals surface area contributed by atoms with Gasteiger partial charge in [0.1, 0.15) is 10.6 Å². The summed E-state index contributed by atoms with van der Waals surface area (Å²) in [5, 5.41) is 8.08. The minimum atomic E-state index is -3.88. The topological polar surface area (TPSA) is 85.5 Å². The van der Waals surface area contributed by atoms with E-state index in [0.717, 1.165) is 5.56 Å². The molecule has 0 fully saturated rings. The number of rotatable bonds is 8. The van der Waals surface area contributed by atoms with E-state index < -0.39 is 10.0 Å². The average molecular weight is 480 g/mol. The molecule has 0 unspecified atom stereocenters. The Morgan fingerprint density at radius 1 is 1.14 bits per heavy atom. The predicted octanol–water partition coefficient (Wildman–Crippen LogP) is 4.50. The molecule has 3 rings (SSSR count). The van der Waals surface area contributed by atoms with Gasteiger partial charge in [0, 0.05) is 16.1 Å². The van der Waals surface area contributed by atoms with E-state index >= 15 is 0 Å². The maximum absolute atomic E-state index is 13.4. The number of sulfonamides is 1. The SMILES string of the molecule is CCOc1ccc(Br)cc1S(=O)(=O)N(Cc1nnc(-c2ccccc2)o1)C(C)C. The van der Waals surface area contributed by atoms with Crippen molar-refractivity contribution in [2.24, 2.45) is 0 Å². The lowest BCUT2D eigenvalue weighted by Crippen LogP contribution is -2.36. The van der Waals surface area contributed by atoms with Crippen LogP contribution >= 0.6 is 15.9 Å². The van der Waals surface area contributed by atoms with E-state index in [1.807, 2.05) is 37.3 Å². The van der Waals surface area contributed by atoms with E-state index in [1.54, 1.807) is 32.0 Å². The highest BCUT2D eigenvalue weighted by Crippen LogP contribution is 2.32. The largest absolute Gasteiger partial charge is 0.492 e. The summed E-state index contributed by atoms with van der Waals surface area (Å²) in [5.74, 6) is 0.866. The lowest BCUT2D eigenvalue weighted by Gasteiger charge is -2.25. The lowest BCUT2D eigenvalue weighted by atomic mass is 10.2. The molecule has 1 heterocycles. The van der Waals surface area contributed by atoms with Gasteiger partial charge in [0.15, 0.2) is 0 Å². The molecule has 1 aromatic heterocycles. The summed E-state index contributed by atoms with van der Waals surface area (Å²) in [5.41, 5.74) is 0.774. The first-order valence-corrected chi connectivity index (χ1v) is 11.4. The number of halogens is 1. The normalized spacial score (nSPS) is 11.9. The second-order valence-corrected chi connectivity index (χ2v) is 9.31. The molecule has 0 radical (unpaired) electrons. The molecule has 0 spiro atoms. The number of aromatic nitrogens is 2. The number of hydrogen-bond acceptors (Lipinski definition) is 6. The quantitative estimate of drug-likeness (QED) is 0.472. The fourth-order valence-electron chi connectivity index (χ4n) is 2.78. The third-order valence-electron chi connectivity index (χ3n) is 4.15. The van der Waals surface area contributed by atoms with Crippen molar-refractivity contribution in [3.05, 3.63) is 58.9 Å². The minimum absolute atomic E-state index is 0.0437. The fourth-order valence-corrected chi connectivity index (χ4v) is 5.04. The van der Waals surface area contributed by atoms with Crippen molar-refractivity contribution in [3.8, 4) is 17.2 Å². The molecule has 0 atom stereocenters. The van der Waals surface area contributed by atoms with Gasteiger partial charge < -0.3 is 9.15 Å². The molecule has 3 aromatic rings. The highest BCUT2D eigenvalue weighted by molar-refractivity contribution is 9.10. The van der Waals surface area contributed by atoms with Crippen molar-refractivity contribution < 1.29 is 17.6 Å². The van der Waals surface area contributed by atoms with Crippen LogP contribution in [0.3, 0.4) is 0 Å². The summed E-state index contributed by atoms with van der Waals surface area (Å²) in [7, 11) is -3.88. The maximum Gasteiger partial charge on any atom is 0.247 e. The summed E-state index contributed by atoms with van der Waals surface area (Å²) >= 11 is 3.34. The van der Waals surface area contributed by atoms with Crippen molar-refractivity contribution in [2.75, 3.05) is 6.61 Å². The Balaban J connectivity index is 1.94. The van der Waals surface area contributed by atoms with E-state index in [4.69, 9.17) is 9.15 Å². The monoisotopic (exact) mass is 479 g/mol. The maximum atomic E-state index is 13.4. The Labute approximate surface area is 178 Å². The lowest BCUT2D eigenvalue weighted by molar-refractivity contribution is 0.305. The molecule has 0 aliphatic heterocycles. The molecule has 0 N–H and O–H groups in total. The average Bonchev–Trinajstić information content (AvgIpc) is 3.17. The molecule has 0 aliphatic rings. The first-order valence-electron chi connectivity index (χ1n) is 9.15. The van der Waals surface area contributed by atoms with Gasteiger partial charge in [-0.25, -0.2) is 8.42 Å². The number of ether oxygens (including phenoxy) is 1. The van der Waals surface area contributed by atoms with Gasteiger partial charge in [-0.3, -0.25) is 0 Å². The van der Waals surface area contributed by atoms with Crippen LogP contribution in [-0.2, 0) is 16.6 Å². The highest BCUT2D eigenvalue weighted by atomic mass is 79.9. The van der Waals surface area contributed by atoms with Crippen LogP contribution in [0.2, 0.25) is 0 Å². The molecule has 7 nitrogen and oxygen atoms in total. The Hall–Kier alpha value is -2.23. The Bertz CT molecular complexity index is 1070. The Morgan fingerprint density at radius 2 is 1.86 bits per heavy atom. The number of hydrogen-bond donors (Lipinski definition) is 0. The zero-order valence-corrected chi connectivity index (χ0v) is 18.8. The van der Waals surface area contributed by atoms with Crippen LogP contribution in [0.25, 0.3) is 11.5 Å². The van der Waals surface area contributed by atoms with Crippen molar-refractivity contribution in [1.82, 2.24) is 14.5 Å². The van der Waals surface area contributed by atoms with Crippen molar-refractivity contribution >= 4 is 26.0 Å². The Kier molecular flexibility index (Phi) is 6.71. The van der Waals surface area contributed by atoms with Crippen molar-refractivity contribution in [3.63, 3.8) is 0 Å². The zero-order valence-electron chi connectivity index (χ0n) is 16.4. The second kappa shape index (κ2) is 9.06. The number of benzene rings is 2. The summed E-state index contributed by atoms with van der Waals surface area (Å²) in [6.45, 7) is 5.71. The van der Waals surface area contributed by atoms with Crippen molar-refractivity contribution in [2.45, 2.75) is 38.3 Å². The van der Waals surface area contributed by atoms with Crippen molar-refractivity contribution in [1.29, 1.82) is 0 Å². The van der Waals surface area contributed by atoms with E-state index in [1.165, 1.54) is 4.31 Å². The second-order valence-electron chi connectivity index (χ2n) is 6.54. The van der Waals surface area contributed by atoms with Crippen LogP contribution in [0.5, 0.6) is 5.75 Å².